The molecule has 1 amide bonds. The molecule has 26 heavy (non-hydrogen) atoms. The zero-order chi connectivity index (χ0) is 17.9. The van der Waals surface area contributed by atoms with Gasteiger partial charge in [-0.1, -0.05) is 17.7 Å². The second-order valence-electron chi connectivity index (χ2n) is 6.45. The Kier molecular flexibility index (Phi) is 4.71. The Morgan fingerprint density at radius 1 is 1.35 bits per heavy atom. The van der Waals surface area contributed by atoms with Gasteiger partial charge in [0.1, 0.15) is 17.4 Å². The van der Waals surface area contributed by atoms with E-state index in [1.807, 2.05) is 41.5 Å². The summed E-state index contributed by atoms with van der Waals surface area (Å²) in [4.78, 5) is 19.0. The van der Waals surface area contributed by atoms with Gasteiger partial charge in [0.05, 0.1) is 18.3 Å². The number of thiazole rings is 1. The number of aryl methyl sites for hydroxylation is 1. The average Bonchev–Trinajstić information content (AvgIpc) is 3.29. The van der Waals surface area contributed by atoms with E-state index in [4.69, 9.17) is 4.74 Å². The summed E-state index contributed by atoms with van der Waals surface area (Å²) >= 11 is 1.53. The highest BCUT2D eigenvalue weighted by atomic mass is 32.1. The number of nitrogens with zero attached hydrogens (tertiary/aromatic N) is 3. The molecule has 0 bridgehead atoms. The van der Waals surface area contributed by atoms with Crippen LogP contribution in [0.25, 0.3) is 0 Å². The summed E-state index contributed by atoms with van der Waals surface area (Å²) in [5, 5.41) is 9.86. The monoisotopic (exact) mass is 368 g/mol. The normalized spacial score (nSPS) is 13.5. The lowest BCUT2D eigenvalue weighted by molar-refractivity contribution is -0.131. The summed E-state index contributed by atoms with van der Waals surface area (Å²) in [6, 6.07) is 7.94. The fourth-order valence-electron chi connectivity index (χ4n) is 2.98. The van der Waals surface area contributed by atoms with E-state index in [-0.39, 0.29) is 5.91 Å². The number of nitrogens with one attached hydrogen (secondary N) is 1. The average molecular weight is 368 g/mol. The third-order valence-corrected chi connectivity index (χ3v) is 5.34. The van der Waals surface area contributed by atoms with E-state index in [0.717, 1.165) is 40.7 Å². The molecule has 1 N–H and O–H groups in total. The number of ether oxygens (including phenoxy) is 1. The first-order valence-corrected chi connectivity index (χ1v) is 9.47. The molecule has 4 rings (SSSR count). The zero-order valence-corrected chi connectivity index (χ0v) is 15.4. The SMILES string of the molecule is Cc1ccc(OCc2nc(CC(=O)N3CCc4[nH]ncc4C3)cs2)cc1. The predicted octanol–water partition coefficient (Wildman–Crippen LogP) is 2.88. The second-order valence-corrected chi connectivity index (χ2v) is 7.39. The standard InChI is InChI=1S/C19H20N4O2S/c1-13-2-4-16(5-3-13)25-11-18-21-15(12-26-18)8-19(24)23-7-6-17-14(10-23)9-20-22-17/h2-5,9,12H,6-8,10-11H2,1H3,(H,20,22). The molecule has 0 saturated carbocycles. The molecule has 0 spiro atoms. The Hall–Kier alpha value is -2.67. The van der Waals surface area contributed by atoms with Gasteiger partial charge in [-0.3, -0.25) is 9.89 Å². The van der Waals surface area contributed by atoms with Crippen molar-refractivity contribution in [3.05, 3.63) is 63.4 Å². The molecule has 1 aliphatic heterocycles. The molecular formula is C19H20N4O2S. The van der Waals surface area contributed by atoms with E-state index in [0.29, 0.717) is 19.6 Å². The van der Waals surface area contributed by atoms with Crippen molar-refractivity contribution < 1.29 is 9.53 Å². The number of rotatable bonds is 5. The van der Waals surface area contributed by atoms with Crippen LogP contribution < -0.4 is 4.74 Å². The fourth-order valence-corrected chi connectivity index (χ4v) is 3.68. The molecule has 0 radical (unpaired) electrons. The summed E-state index contributed by atoms with van der Waals surface area (Å²) in [5.74, 6) is 0.931. The van der Waals surface area contributed by atoms with Crippen molar-refractivity contribution in [2.45, 2.75) is 32.9 Å². The molecule has 1 aliphatic rings. The van der Waals surface area contributed by atoms with Crippen LogP contribution in [0.15, 0.2) is 35.8 Å². The Labute approximate surface area is 155 Å². The molecule has 0 atom stereocenters. The van der Waals surface area contributed by atoms with Crippen LogP contribution in [-0.4, -0.2) is 32.5 Å². The largest absolute Gasteiger partial charge is 0.486 e. The lowest BCUT2D eigenvalue weighted by atomic mass is 10.1. The van der Waals surface area contributed by atoms with Crippen LogP contribution >= 0.6 is 11.3 Å². The van der Waals surface area contributed by atoms with Gasteiger partial charge in [-0.25, -0.2) is 4.98 Å². The van der Waals surface area contributed by atoms with Crippen molar-refractivity contribution in [1.82, 2.24) is 20.1 Å². The minimum atomic E-state index is 0.105. The van der Waals surface area contributed by atoms with Gasteiger partial charge in [-0.2, -0.15) is 5.10 Å². The first-order chi connectivity index (χ1) is 12.7. The van der Waals surface area contributed by atoms with Crippen molar-refractivity contribution in [3.63, 3.8) is 0 Å². The van der Waals surface area contributed by atoms with Crippen LogP contribution in [0.5, 0.6) is 5.75 Å². The first kappa shape index (κ1) is 16.8. The van der Waals surface area contributed by atoms with Crippen LogP contribution in [0.4, 0.5) is 0 Å². The number of aromatic nitrogens is 3. The Balaban J connectivity index is 1.32. The van der Waals surface area contributed by atoms with Gasteiger partial charge >= 0.3 is 0 Å². The van der Waals surface area contributed by atoms with Crippen LogP contribution in [0.3, 0.4) is 0 Å². The molecular weight excluding hydrogens is 348 g/mol. The number of hydrogen-bond acceptors (Lipinski definition) is 5. The van der Waals surface area contributed by atoms with Crippen molar-refractivity contribution in [2.75, 3.05) is 6.54 Å². The quantitative estimate of drug-likeness (QED) is 0.752. The molecule has 6 nitrogen and oxygen atoms in total. The summed E-state index contributed by atoms with van der Waals surface area (Å²) in [7, 11) is 0. The van der Waals surface area contributed by atoms with Crippen molar-refractivity contribution >= 4 is 17.2 Å². The molecule has 0 aliphatic carbocycles. The number of amides is 1. The predicted molar refractivity (Wildman–Crippen MR) is 99.0 cm³/mol. The number of hydrogen-bond donors (Lipinski definition) is 1. The summed E-state index contributed by atoms with van der Waals surface area (Å²) < 4.78 is 5.75. The van der Waals surface area contributed by atoms with Crippen molar-refractivity contribution in [1.29, 1.82) is 0 Å². The maximum atomic E-state index is 12.5. The highest BCUT2D eigenvalue weighted by molar-refractivity contribution is 7.09. The molecule has 2 aromatic heterocycles. The second kappa shape index (κ2) is 7.29. The number of H-pyrrole nitrogens is 1. The lowest BCUT2D eigenvalue weighted by Gasteiger charge is -2.26. The number of fused-ring (bicyclic) bond motifs is 1. The van der Waals surface area contributed by atoms with Gasteiger partial charge in [0.25, 0.3) is 0 Å². The van der Waals surface area contributed by atoms with Gasteiger partial charge in [-0.15, -0.1) is 11.3 Å². The minimum Gasteiger partial charge on any atom is -0.486 e. The zero-order valence-electron chi connectivity index (χ0n) is 14.6. The van der Waals surface area contributed by atoms with Crippen LogP contribution in [-0.2, 0) is 30.8 Å². The molecule has 7 heteroatoms. The van der Waals surface area contributed by atoms with Crippen molar-refractivity contribution in [3.8, 4) is 5.75 Å². The van der Waals surface area contributed by atoms with Gasteiger partial charge in [0, 0.05) is 36.1 Å². The van der Waals surface area contributed by atoms with E-state index < -0.39 is 0 Å². The summed E-state index contributed by atoms with van der Waals surface area (Å²) in [5.41, 5.74) is 4.25. The van der Waals surface area contributed by atoms with Gasteiger partial charge in [-0.05, 0) is 19.1 Å². The fraction of sp³-hybridized carbons (Fsp3) is 0.316. The minimum absolute atomic E-state index is 0.105. The van der Waals surface area contributed by atoms with E-state index in [9.17, 15) is 4.79 Å². The van der Waals surface area contributed by atoms with Crippen LogP contribution in [0.2, 0.25) is 0 Å². The van der Waals surface area contributed by atoms with Gasteiger partial charge < -0.3 is 9.64 Å². The molecule has 1 aromatic carbocycles. The highest BCUT2D eigenvalue weighted by Gasteiger charge is 2.22. The smallest absolute Gasteiger partial charge is 0.228 e. The number of aromatic amines is 1. The van der Waals surface area contributed by atoms with Gasteiger partial charge in [0.2, 0.25) is 5.91 Å². The molecule has 3 heterocycles. The Morgan fingerprint density at radius 2 is 2.19 bits per heavy atom. The number of carbonyl (C=O) groups excluding carboxylic acids is 1. The summed E-state index contributed by atoms with van der Waals surface area (Å²) in [6.07, 6.45) is 2.96. The van der Waals surface area contributed by atoms with Gasteiger partial charge in [0.15, 0.2) is 0 Å². The molecule has 0 fully saturated rings. The highest BCUT2D eigenvalue weighted by Crippen LogP contribution is 2.19. The first-order valence-electron chi connectivity index (χ1n) is 8.59. The number of carbonyl (C=O) groups is 1. The van der Waals surface area contributed by atoms with Crippen LogP contribution in [0, 0.1) is 6.92 Å². The third-order valence-electron chi connectivity index (χ3n) is 4.47. The molecule has 134 valence electrons. The van der Waals surface area contributed by atoms with Crippen molar-refractivity contribution in [2.24, 2.45) is 0 Å². The third kappa shape index (κ3) is 3.77. The summed E-state index contributed by atoms with van der Waals surface area (Å²) in [6.45, 7) is 3.81. The molecule has 3 aromatic rings. The topological polar surface area (TPSA) is 71.1 Å². The van der Waals surface area contributed by atoms with E-state index in [1.54, 1.807) is 6.20 Å². The molecule has 0 saturated heterocycles. The van der Waals surface area contributed by atoms with E-state index in [2.05, 4.69) is 15.2 Å². The van der Waals surface area contributed by atoms with E-state index >= 15 is 0 Å². The molecule has 0 unspecified atom stereocenters. The Morgan fingerprint density at radius 3 is 3.04 bits per heavy atom. The Bertz CT molecular complexity index is 900. The van der Waals surface area contributed by atoms with Crippen LogP contribution in [0.1, 0.15) is 27.5 Å². The number of benzene rings is 1. The maximum Gasteiger partial charge on any atom is 0.228 e. The van der Waals surface area contributed by atoms with E-state index in [1.165, 1.54) is 16.9 Å². The lowest BCUT2D eigenvalue weighted by Crippen LogP contribution is -2.36. The maximum absolute atomic E-state index is 12.5.